The van der Waals surface area contributed by atoms with Gasteiger partial charge >= 0.3 is 5.51 Å². The molecule has 0 amide bonds. The van der Waals surface area contributed by atoms with Gasteiger partial charge in [0.2, 0.25) is 0 Å². The Hall–Kier alpha value is -1.43. The van der Waals surface area contributed by atoms with Crippen molar-refractivity contribution in [3.05, 3.63) is 36.5 Å². The number of nitrogens with zero attached hydrogens (tertiary/aromatic N) is 1. The Kier molecular flexibility index (Phi) is 2.91. The zero-order valence-electron chi connectivity index (χ0n) is 7.95. The van der Waals surface area contributed by atoms with E-state index in [1.165, 1.54) is 12.1 Å². The zero-order valence-corrected chi connectivity index (χ0v) is 8.77. The summed E-state index contributed by atoms with van der Waals surface area (Å²) in [4.78, 5) is 0.166. The second kappa shape index (κ2) is 4.21. The molecule has 0 aliphatic rings. The van der Waals surface area contributed by atoms with Crippen LogP contribution in [0.15, 0.2) is 41.4 Å². The molecule has 0 atom stereocenters. The van der Waals surface area contributed by atoms with Gasteiger partial charge in [0.1, 0.15) is 0 Å². The summed E-state index contributed by atoms with van der Waals surface area (Å²) in [6.07, 6.45) is 1.55. The summed E-state index contributed by atoms with van der Waals surface area (Å²) in [5, 5.41) is 6.45. The predicted molar refractivity (Wildman–Crippen MR) is 55.9 cm³/mol. The standard InChI is InChI=1S/C10H7F3N2S/c11-10(12,13)16-8-3-1-2-7(6-8)9-4-5-14-15-9/h1-6H,(H,14,15). The predicted octanol–water partition coefficient (Wildman–Crippen LogP) is 3.69. The van der Waals surface area contributed by atoms with Crippen molar-refractivity contribution in [2.45, 2.75) is 10.4 Å². The van der Waals surface area contributed by atoms with Gasteiger partial charge in [-0.3, -0.25) is 5.10 Å². The molecule has 0 unspecified atom stereocenters. The average molecular weight is 244 g/mol. The van der Waals surface area contributed by atoms with Crippen LogP contribution in [-0.2, 0) is 0 Å². The summed E-state index contributed by atoms with van der Waals surface area (Å²) in [5.41, 5.74) is -2.87. The van der Waals surface area contributed by atoms with Crippen LogP contribution < -0.4 is 0 Å². The summed E-state index contributed by atoms with van der Waals surface area (Å²) in [7, 11) is 0. The van der Waals surface area contributed by atoms with Crippen molar-refractivity contribution in [3.63, 3.8) is 0 Å². The first-order chi connectivity index (χ1) is 7.54. The maximum atomic E-state index is 12.2. The van der Waals surface area contributed by atoms with Crippen LogP contribution in [0.4, 0.5) is 13.2 Å². The van der Waals surface area contributed by atoms with Crippen LogP contribution in [0.3, 0.4) is 0 Å². The fourth-order valence-electron chi connectivity index (χ4n) is 1.28. The van der Waals surface area contributed by atoms with Gasteiger partial charge in [0.15, 0.2) is 0 Å². The fraction of sp³-hybridized carbons (Fsp3) is 0.100. The normalized spacial score (nSPS) is 11.7. The largest absolute Gasteiger partial charge is 0.446 e. The van der Waals surface area contributed by atoms with Crippen molar-refractivity contribution in [3.8, 4) is 11.3 Å². The summed E-state index contributed by atoms with van der Waals surface area (Å²) >= 11 is -0.122. The van der Waals surface area contributed by atoms with Gasteiger partial charge in [0.05, 0.1) is 5.69 Å². The molecule has 84 valence electrons. The lowest BCUT2D eigenvalue weighted by atomic mass is 10.2. The van der Waals surface area contributed by atoms with E-state index < -0.39 is 5.51 Å². The van der Waals surface area contributed by atoms with Gasteiger partial charge in [-0.15, -0.1) is 0 Å². The number of hydrogen-bond donors (Lipinski definition) is 1. The van der Waals surface area contributed by atoms with Gasteiger partial charge < -0.3 is 0 Å². The molecule has 0 saturated heterocycles. The number of aromatic amines is 1. The number of benzene rings is 1. The van der Waals surface area contributed by atoms with E-state index in [0.29, 0.717) is 11.3 Å². The van der Waals surface area contributed by atoms with E-state index in [9.17, 15) is 13.2 Å². The first-order valence-electron chi connectivity index (χ1n) is 4.40. The summed E-state index contributed by atoms with van der Waals surface area (Å²) in [6, 6.07) is 7.93. The molecule has 0 aliphatic carbocycles. The number of rotatable bonds is 2. The van der Waals surface area contributed by atoms with Gasteiger partial charge in [-0.1, -0.05) is 12.1 Å². The molecule has 0 bridgehead atoms. The summed E-state index contributed by atoms with van der Waals surface area (Å²) in [6.45, 7) is 0. The van der Waals surface area contributed by atoms with Crippen molar-refractivity contribution >= 4 is 11.8 Å². The minimum atomic E-state index is -4.26. The number of thioether (sulfide) groups is 1. The van der Waals surface area contributed by atoms with E-state index in [2.05, 4.69) is 10.2 Å². The first-order valence-corrected chi connectivity index (χ1v) is 5.22. The Morgan fingerprint density at radius 2 is 2.00 bits per heavy atom. The van der Waals surface area contributed by atoms with Crippen LogP contribution in [-0.4, -0.2) is 15.7 Å². The molecule has 2 nitrogen and oxygen atoms in total. The Balaban J connectivity index is 2.27. The molecule has 1 heterocycles. The molecular formula is C10H7F3N2S. The second-order valence-electron chi connectivity index (χ2n) is 3.05. The third-order valence-corrected chi connectivity index (χ3v) is 2.60. The summed E-state index contributed by atoms with van der Waals surface area (Å²) < 4.78 is 36.5. The molecular weight excluding hydrogens is 237 g/mol. The van der Waals surface area contributed by atoms with Crippen molar-refractivity contribution in [1.82, 2.24) is 10.2 Å². The van der Waals surface area contributed by atoms with E-state index >= 15 is 0 Å². The second-order valence-corrected chi connectivity index (χ2v) is 4.18. The molecule has 2 aromatic rings. The third kappa shape index (κ3) is 2.79. The van der Waals surface area contributed by atoms with E-state index in [4.69, 9.17) is 0 Å². The van der Waals surface area contributed by atoms with E-state index in [1.54, 1.807) is 24.4 Å². The monoisotopic (exact) mass is 244 g/mol. The smallest absolute Gasteiger partial charge is 0.278 e. The molecule has 2 rings (SSSR count). The Morgan fingerprint density at radius 1 is 1.19 bits per heavy atom. The number of hydrogen-bond acceptors (Lipinski definition) is 2. The van der Waals surface area contributed by atoms with Crippen LogP contribution in [0, 0.1) is 0 Å². The molecule has 16 heavy (non-hydrogen) atoms. The fourth-order valence-corrected chi connectivity index (χ4v) is 1.88. The highest BCUT2D eigenvalue weighted by Gasteiger charge is 2.29. The number of halogens is 3. The Bertz CT molecular complexity index is 465. The van der Waals surface area contributed by atoms with Crippen molar-refractivity contribution in [2.75, 3.05) is 0 Å². The molecule has 0 aliphatic heterocycles. The highest BCUT2D eigenvalue weighted by molar-refractivity contribution is 8.00. The quantitative estimate of drug-likeness (QED) is 0.816. The minimum absolute atomic E-state index is 0.122. The van der Waals surface area contributed by atoms with Crippen LogP contribution in [0.1, 0.15) is 0 Å². The highest BCUT2D eigenvalue weighted by atomic mass is 32.2. The van der Waals surface area contributed by atoms with Crippen LogP contribution in [0.25, 0.3) is 11.3 Å². The minimum Gasteiger partial charge on any atom is -0.278 e. The van der Waals surface area contributed by atoms with Crippen LogP contribution >= 0.6 is 11.8 Å². The molecule has 6 heteroatoms. The lowest BCUT2D eigenvalue weighted by Gasteiger charge is -2.06. The van der Waals surface area contributed by atoms with Gasteiger partial charge in [0.25, 0.3) is 0 Å². The number of nitrogens with one attached hydrogen (secondary N) is 1. The van der Waals surface area contributed by atoms with Gasteiger partial charge in [-0.05, 0) is 30.0 Å². The zero-order chi connectivity index (χ0) is 11.6. The molecule has 1 aromatic heterocycles. The third-order valence-electron chi connectivity index (χ3n) is 1.88. The van der Waals surface area contributed by atoms with Crippen molar-refractivity contribution < 1.29 is 13.2 Å². The van der Waals surface area contributed by atoms with Gasteiger partial charge in [-0.25, -0.2) is 0 Å². The Labute approximate surface area is 93.9 Å². The van der Waals surface area contributed by atoms with Crippen molar-refractivity contribution in [2.24, 2.45) is 0 Å². The Morgan fingerprint density at radius 3 is 2.62 bits per heavy atom. The molecule has 0 radical (unpaired) electrons. The van der Waals surface area contributed by atoms with Crippen molar-refractivity contribution in [1.29, 1.82) is 0 Å². The van der Waals surface area contributed by atoms with Crippen LogP contribution in [0.2, 0.25) is 0 Å². The molecule has 0 fully saturated rings. The molecule has 0 saturated carbocycles. The molecule has 1 aromatic carbocycles. The molecule has 1 N–H and O–H groups in total. The van der Waals surface area contributed by atoms with Crippen LogP contribution in [0.5, 0.6) is 0 Å². The first kappa shape index (κ1) is 11.1. The van der Waals surface area contributed by atoms with E-state index in [0.717, 1.165) is 0 Å². The lowest BCUT2D eigenvalue weighted by Crippen LogP contribution is -1.98. The summed E-state index contributed by atoms with van der Waals surface area (Å²) in [5.74, 6) is 0. The number of H-pyrrole nitrogens is 1. The maximum Gasteiger partial charge on any atom is 0.446 e. The van der Waals surface area contributed by atoms with E-state index in [1.807, 2.05) is 0 Å². The topological polar surface area (TPSA) is 28.7 Å². The number of aromatic nitrogens is 2. The number of alkyl halides is 3. The van der Waals surface area contributed by atoms with Gasteiger partial charge in [0, 0.05) is 16.7 Å². The molecule has 0 spiro atoms. The average Bonchev–Trinajstić information content (AvgIpc) is 2.68. The van der Waals surface area contributed by atoms with Gasteiger partial charge in [-0.2, -0.15) is 18.3 Å². The maximum absolute atomic E-state index is 12.2. The lowest BCUT2D eigenvalue weighted by molar-refractivity contribution is -0.0328. The van der Waals surface area contributed by atoms with E-state index in [-0.39, 0.29) is 16.7 Å². The SMILES string of the molecule is FC(F)(F)Sc1cccc(-c2ccn[nH]2)c1. The highest BCUT2D eigenvalue weighted by Crippen LogP contribution is 2.37.